The van der Waals surface area contributed by atoms with E-state index < -0.39 is 5.60 Å². The van der Waals surface area contributed by atoms with E-state index in [1.54, 1.807) is 17.3 Å². The van der Waals surface area contributed by atoms with Crippen LogP contribution in [0.4, 0.5) is 16.4 Å². The normalized spacial score (nSPS) is 19.7. The van der Waals surface area contributed by atoms with Crippen molar-refractivity contribution in [1.82, 2.24) is 14.9 Å². The number of ether oxygens (including phenoxy) is 1. The maximum atomic E-state index is 12.7. The largest absolute Gasteiger partial charge is 0.444 e. The number of amides is 1. The fourth-order valence-electron chi connectivity index (χ4n) is 3.29. The van der Waals surface area contributed by atoms with Crippen LogP contribution in [0.5, 0.6) is 0 Å². The molecule has 9 heteroatoms. The Balaban J connectivity index is 1.96. The smallest absolute Gasteiger partial charge is 0.410 e. The highest BCUT2D eigenvalue weighted by atomic mass is 79.9. The standard InChI is InChI=1S/C19H23Br2N5O2/c1-19(2,3)28-18(27)26-8-12(10-4-14(20)16(22)24-6-10)13(9-26)11-5-15(21)17(23)25-7-11/h4-7,12-13H,8-9H2,1-3H3,(H2,22,24)(H2,23,25). The molecule has 28 heavy (non-hydrogen) atoms. The van der Waals surface area contributed by atoms with Crippen molar-refractivity contribution in [3.63, 3.8) is 0 Å². The summed E-state index contributed by atoms with van der Waals surface area (Å²) in [4.78, 5) is 22.9. The third-order valence-corrected chi connectivity index (χ3v) is 5.88. The van der Waals surface area contributed by atoms with Gasteiger partial charge in [0.15, 0.2) is 0 Å². The summed E-state index contributed by atoms with van der Waals surface area (Å²) in [6, 6.07) is 3.91. The lowest BCUT2D eigenvalue weighted by Gasteiger charge is -2.24. The highest BCUT2D eigenvalue weighted by molar-refractivity contribution is 9.11. The topological polar surface area (TPSA) is 107 Å². The van der Waals surface area contributed by atoms with Crippen molar-refractivity contribution in [1.29, 1.82) is 0 Å². The third-order valence-electron chi connectivity index (χ3n) is 4.61. The number of carbonyl (C=O) groups excluding carboxylic acids is 1. The van der Waals surface area contributed by atoms with Gasteiger partial charge < -0.3 is 21.1 Å². The van der Waals surface area contributed by atoms with Gasteiger partial charge in [-0.3, -0.25) is 0 Å². The Morgan fingerprint density at radius 1 is 1.04 bits per heavy atom. The van der Waals surface area contributed by atoms with Gasteiger partial charge in [-0.2, -0.15) is 0 Å². The van der Waals surface area contributed by atoms with E-state index in [0.717, 1.165) is 20.1 Å². The minimum atomic E-state index is -0.553. The number of halogens is 2. The van der Waals surface area contributed by atoms with Gasteiger partial charge in [0.05, 0.1) is 8.95 Å². The monoisotopic (exact) mass is 511 g/mol. The maximum absolute atomic E-state index is 12.7. The van der Waals surface area contributed by atoms with E-state index >= 15 is 0 Å². The van der Waals surface area contributed by atoms with Crippen LogP contribution in [0.25, 0.3) is 0 Å². The molecule has 2 aromatic heterocycles. The van der Waals surface area contributed by atoms with E-state index in [2.05, 4.69) is 41.8 Å². The zero-order valence-electron chi connectivity index (χ0n) is 15.9. The number of hydrogen-bond acceptors (Lipinski definition) is 6. The zero-order valence-corrected chi connectivity index (χ0v) is 19.1. The van der Waals surface area contributed by atoms with E-state index in [0.29, 0.717) is 24.7 Å². The number of likely N-dealkylation sites (tertiary alicyclic amines) is 1. The van der Waals surface area contributed by atoms with Crippen LogP contribution in [0.15, 0.2) is 33.5 Å². The van der Waals surface area contributed by atoms with Gasteiger partial charge in [-0.1, -0.05) is 0 Å². The zero-order chi connectivity index (χ0) is 20.6. The minimum Gasteiger partial charge on any atom is -0.444 e. The second-order valence-electron chi connectivity index (χ2n) is 7.87. The van der Waals surface area contributed by atoms with Crippen LogP contribution in [0.1, 0.15) is 43.7 Å². The third kappa shape index (κ3) is 4.57. The van der Waals surface area contributed by atoms with Crippen LogP contribution >= 0.6 is 31.9 Å². The molecule has 1 saturated heterocycles. The minimum absolute atomic E-state index is 0.0224. The van der Waals surface area contributed by atoms with Crippen LogP contribution in [0, 0.1) is 0 Å². The van der Waals surface area contributed by atoms with Crippen molar-refractivity contribution in [2.75, 3.05) is 24.6 Å². The van der Waals surface area contributed by atoms with Crippen molar-refractivity contribution < 1.29 is 9.53 Å². The fraction of sp³-hybridized carbons (Fsp3) is 0.421. The Morgan fingerprint density at radius 2 is 1.46 bits per heavy atom. The average molecular weight is 513 g/mol. The number of rotatable bonds is 2. The van der Waals surface area contributed by atoms with Gasteiger partial charge in [0.2, 0.25) is 0 Å². The molecule has 1 amide bonds. The summed E-state index contributed by atoms with van der Waals surface area (Å²) in [6.07, 6.45) is 3.19. The first-order chi connectivity index (χ1) is 13.0. The summed E-state index contributed by atoms with van der Waals surface area (Å²) in [5.74, 6) is 0.905. The fourth-order valence-corrected chi connectivity index (χ4v) is 4.02. The van der Waals surface area contributed by atoms with Gasteiger partial charge in [0.25, 0.3) is 0 Å². The predicted octanol–water partition coefficient (Wildman–Crippen LogP) is 4.28. The molecule has 0 bridgehead atoms. The van der Waals surface area contributed by atoms with Crippen molar-refractivity contribution >= 4 is 49.6 Å². The molecule has 0 saturated carbocycles. The molecule has 1 aliphatic rings. The number of nitrogens with two attached hydrogens (primary N) is 2. The second-order valence-corrected chi connectivity index (χ2v) is 9.58. The quantitative estimate of drug-likeness (QED) is 0.621. The lowest BCUT2D eigenvalue weighted by atomic mass is 9.85. The molecule has 7 nitrogen and oxygen atoms in total. The molecule has 1 fully saturated rings. The number of nitrogen functional groups attached to an aromatic ring is 2. The van der Waals surface area contributed by atoms with Gasteiger partial charge in [-0.05, 0) is 75.9 Å². The van der Waals surface area contributed by atoms with E-state index in [-0.39, 0.29) is 17.9 Å². The summed E-state index contributed by atoms with van der Waals surface area (Å²) in [5.41, 5.74) is 13.1. The van der Waals surface area contributed by atoms with E-state index in [1.165, 1.54) is 0 Å². The first-order valence-electron chi connectivity index (χ1n) is 8.85. The molecule has 0 aliphatic carbocycles. The first-order valence-corrected chi connectivity index (χ1v) is 10.4. The predicted molar refractivity (Wildman–Crippen MR) is 116 cm³/mol. The molecule has 2 unspecified atom stereocenters. The Labute approximate surface area is 181 Å². The molecular formula is C19H23Br2N5O2. The van der Waals surface area contributed by atoms with Crippen molar-refractivity contribution in [2.45, 2.75) is 38.2 Å². The van der Waals surface area contributed by atoms with Gasteiger partial charge in [0, 0.05) is 37.3 Å². The lowest BCUT2D eigenvalue weighted by molar-refractivity contribution is 0.0290. The molecule has 2 aromatic rings. The highest BCUT2D eigenvalue weighted by Crippen LogP contribution is 2.41. The molecule has 2 atom stereocenters. The van der Waals surface area contributed by atoms with E-state index in [4.69, 9.17) is 16.2 Å². The maximum Gasteiger partial charge on any atom is 0.410 e. The van der Waals surface area contributed by atoms with Crippen molar-refractivity contribution in [3.05, 3.63) is 44.6 Å². The Morgan fingerprint density at radius 3 is 1.82 bits per heavy atom. The number of hydrogen-bond donors (Lipinski definition) is 2. The molecular weight excluding hydrogens is 490 g/mol. The summed E-state index contributed by atoms with van der Waals surface area (Å²) in [7, 11) is 0. The number of anilines is 2. The van der Waals surface area contributed by atoms with E-state index in [1.807, 2.05) is 32.9 Å². The summed E-state index contributed by atoms with van der Waals surface area (Å²) >= 11 is 6.89. The van der Waals surface area contributed by atoms with Crippen LogP contribution in [0.3, 0.4) is 0 Å². The molecule has 4 N–H and O–H groups in total. The van der Waals surface area contributed by atoms with Crippen molar-refractivity contribution in [3.8, 4) is 0 Å². The number of pyridine rings is 2. The molecule has 3 heterocycles. The van der Waals surface area contributed by atoms with Gasteiger partial charge in [-0.25, -0.2) is 14.8 Å². The second kappa shape index (κ2) is 7.87. The van der Waals surface area contributed by atoms with Crippen LogP contribution in [0.2, 0.25) is 0 Å². The number of carbonyl (C=O) groups is 1. The molecule has 0 aromatic carbocycles. The van der Waals surface area contributed by atoms with Gasteiger partial charge in [-0.15, -0.1) is 0 Å². The van der Waals surface area contributed by atoms with Crippen molar-refractivity contribution in [2.24, 2.45) is 0 Å². The average Bonchev–Trinajstić information content (AvgIpc) is 3.04. The van der Waals surface area contributed by atoms with Crippen LogP contribution < -0.4 is 11.5 Å². The lowest BCUT2D eigenvalue weighted by Crippen LogP contribution is -2.35. The Bertz CT molecular complexity index is 841. The molecule has 150 valence electrons. The van der Waals surface area contributed by atoms with Gasteiger partial charge in [0.1, 0.15) is 17.2 Å². The van der Waals surface area contributed by atoms with E-state index in [9.17, 15) is 4.79 Å². The van der Waals surface area contributed by atoms with Crippen LogP contribution in [-0.4, -0.2) is 39.7 Å². The van der Waals surface area contributed by atoms with Gasteiger partial charge >= 0.3 is 6.09 Å². The number of nitrogens with zero attached hydrogens (tertiary/aromatic N) is 3. The summed E-state index contributed by atoms with van der Waals surface area (Å²) < 4.78 is 7.04. The van der Waals surface area contributed by atoms with Crippen LogP contribution in [-0.2, 0) is 4.74 Å². The molecule has 0 spiro atoms. The summed E-state index contributed by atoms with van der Waals surface area (Å²) in [6.45, 7) is 6.60. The molecule has 3 rings (SSSR count). The summed E-state index contributed by atoms with van der Waals surface area (Å²) in [5, 5.41) is 0. The first kappa shape index (κ1) is 20.9. The molecule has 1 aliphatic heterocycles. The number of aromatic nitrogens is 2. The Hall–Kier alpha value is -1.87. The SMILES string of the molecule is CC(C)(C)OC(=O)N1CC(c2cnc(N)c(Br)c2)C(c2cnc(N)c(Br)c2)C1. The highest BCUT2D eigenvalue weighted by Gasteiger charge is 2.39. The Kier molecular flexibility index (Phi) is 5.86. The molecule has 0 radical (unpaired) electrons.